The molecule has 0 saturated carbocycles. The summed E-state index contributed by atoms with van der Waals surface area (Å²) >= 11 is 0. The van der Waals surface area contributed by atoms with Crippen molar-refractivity contribution >= 4 is 17.3 Å². The number of carboxylic acids is 1. The number of nitrogens with one attached hydrogen (secondary N) is 1. The Morgan fingerprint density at radius 1 is 1.32 bits per heavy atom. The van der Waals surface area contributed by atoms with E-state index in [1.165, 1.54) is 12.3 Å². The summed E-state index contributed by atoms with van der Waals surface area (Å²) < 4.78 is 0. The smallest absolute Gasteiger partial charge is 0.337 e. The average molecular weight is 254 g/mol. The largest absolute Gasteiger partial charge is 0.478 e. The van der Waals surface area contributed by atoms with Crippen LogP contribution in [0.15, 0.2) is 55.3 Å². The predicted octanol–water partition coefficient (Wildman–Crippen LogP) is 3.25. The van der Waals surface area contributed by atoms with Gasteiger partial charge in [-0.15, -0.1) is 6.58 Å². The number of benzene rings is 1. The molecule has 0 aliphatic rings. The molecule has 96 valence electrons. The lowest BCUT2D eigenvalue weighted by molar-refractivity contribution is 0.0698. The molecule has 0 radical (unpaired) electrons. The first-order valence-electron chi connectivity index (χ1n) is 5.86. The van der Waals surface area contributed by atoms with Crippen molar-refractivity contribution in [3.63, 3.8) is 0 Å². The monoisotopic (exact) mass is 254 g/mol. The number of aromatic carboxylic acids is 1. The molecule has 0 spiro atoms. The van der Waals surface area contributed by atoms with Gasteiger partial charge >= 0.3 is 5.97 Å². The summed E-state index contributed by atoms with van der Waals surface area (Å²) in [6.07, 6.45) is 3.71. The zero-order valence-electron chi connectivity index (χ0n) is 10.3. The molecule has 2 N–H and O–H groups in total. The SMILES string of the molecule is C=CCc1nccc(C(=O)O)c1Nc1ccccc1. The number of hydrogen-bond acceptors (Lipinski definition) is 3. The normalized spacial score (nSPS) is 9.89. The third kappa shape index (κ3) is 2.98. The highest BCUT2D eigenvalue weighted by Crippen LogP contribution is 2.24. The highest BCUT2D eigenvalue weighted by atomic mass is 16.4. The number of aromatic nitrogens is 1. The Balaban J connectivity index is 2.46. The van der Waals surface area contributed by atoms with Crippen LogP contribution in [0.4, 0.5) is 11.4 Å². The Morgan fingerprint density at radius 2 is 2.05 bits per heavy atom. The van der Waals surface area contributed by atoms with Crippen molar-refractivity contribution in [2.45, 2.75) is 6.42 Å². The number of hydrogen-bond donors (Lipinski definition) is 2. The molecule has 0 amide bonds. The molecule has 19 heavy (non-hydrogen) atoms. The van der Waals surface area contributed by atoms with Crippen LogP contribution in [0, 0.1) is 0 Å². The lowest BCUT2D eigenvalue weighted by Crippen LogP contribution is -2.07. The highest BCUT2D eigenvalue weighted by molar-refractivity contribution is 5.95. The molecule has 2 rings (SSSR count). The van der Waals surface area contributed by atoms with Crippen molar-refractivity contribution in [3.05, 3.63) is 66.5 Å². The molecule has 1 aromatic heterocycles. The van der Waals surface area contributed by atoms with E-state index < -0.39 is 5.97 Å². The van der Waals surface area contributed by atoms with Gasteiger partial charge in [-0.05, 0) is 18.2 Å². The number of rotatable bonds is 5. The van der Waals surface area contributed by atoms with Gasteiger partial charge < -0.3 is 10.4 Å². The van der Waals surface area contributed by atoms with Gasteiger partial charge in [0.25, 0.3) is 0 Å². The van der Waals surface area contributed by atoms with Crippen LogP contribution in [0.5, 0.6) is 0 Å². The summed E-state index contributed by atoms with van der Waals surface area (Å²) in [6, 6.07) is 10.9. The number of carboxylic acid groups (broad SMARTS) is 1. The molecule has 4 heteroatoms. The Bertz CT molecular complexity index is 594. The lowest BCUT2D eigenvalue weighted by atomic mass is 10.1. The number of allylic oxidation sites excluding steroid dienone is 1. The van der Waals surface area contributed by atoms with Crippen molar-refractivity contribution < 1.29 is 9.90 Å². The molecule has 2 aromatic rings. The second-order valence-corrected chi connectivity index (χ2v) is 3.97. The van der Waals surface area contributed by atoms with Crippen LogP contribution in [-0.4, -0.2) is 16.1 Å². The number of carbonyl (C=O) groups is 1. The third-order valence-electron chi connectivity index (χ3n) is 2.64. The van der Waals surface area contributed by atoms with Gasteiger partial charge in [0, 0.05) is 18.3 Å². The van der Waals surface area contributed by atoms with E-state index in [1.54, 1.807) is 6.08 Å². The first-order chi connectivity index (χ1) is 9.22. The zero-order valence-corrected chi connectivity index (χ0v) is 10.3. The maximum absolute atomic E-state index is 11.3. The summed E-state index contributed by atoms with van der Waals surface area (Å²) in [4.78, 5) is 15.5. The lowest BCUT2D eigenvalue weighted by Gasteiger charge is -2.13. The summed E-state index contributed by atoms with van der Waals surface area (Å²) in [5.41, 5.74) is 2.21. The molecule has 4 nitrogen and oxygen atoms in total. The first-order valence-corrected chi connectivity index (χ1v) is 5.86. The van der Waals surface area contributed by atoms with E-state index in [1.807, 2.05) is 30.3 Å². The fourth-order valence-corrected chi connectivity index (χ4v) is 1.78. The fourth-order valence-electron chi connectivity index (χ4n) is 1.78. The quantitative estimate of drug-likeness (QED) is 0.804. The summed E-state index contributed by atoms with van der Waals surface area (Å²) in [5, 5.41) is 12.4. The number of nitrogens with zero attached hydrogens (tertiary/aromatic N) is 1. The Hall–Kier alpha value is -2.62. The second-order valence-electron chi connectivity index (χ2n) is 3.97. The van der Waals surface area contributed by atoms with Gasteiger partial charge in [0.05, 0.1) is 16.9 Å². The standard InChI is InChI=1S/C15H14N2O2/c1-2-6-13-14(12(15(18)19)9-10-16-13)17-11-7-4-3-5-8-11/h2-5,7-10,17H,1,6H2,(H,18,19). The molecular formula is C15H14N2O2. The van der Waals surface area contributed by atoms with Crippen LogP contribution >= 0.6 is 0 Å². The van der Waals surface area contributed by atoms with Crippen molar-refractivity contribution in [2.75, 3.05) is 5.32 Å². The molecule has 0 unspecified atom stereocenters. The van der Waals surface area contributed by atoms with Gasteiger partial charge in [-0.2, -0.15) is 0 Å². The minimum absolute atomic E-state index is 0.204. The molecule has 1 aromatic carbocycles. The number of para-hydroxylation sites is 1. The van der Waals surface area contributed by atoms with E-state index in [9.17, 15) is 9.90 Å². The van der Waals surface area contributed by atoms with Crippen molar-refractivity contribution in [2.24, 2.45) is 0 Å². The van der Waals surface area contributed by atoms with Crippen LogP contribution in [-0.2, 0) is 6.42 Å². The number of anilines is 2. The van der Waals surface area contributed by atoms with Crippen LogP contribution in [0.3, 0.4) is 0 Å². The van der Waals surface area contributed by atoms with Crippen molar-refractivity contribution in [1.29, 1.82) is 0 Å². The average Bonchev–Trinajstić information content (AvgIpc) is 2.42. The molecular weight excluding hydrogens is 240 g/mol. The zero-order chi connectivity index (χ0) is 13.7. The number of pyridine rings is 1. The predicted molar refractivity (Wildman–Crippen MR) is 74.8 cm³/mol. The van der Waals surface area contributed by atoms with Crippen LogP contribution in [0.25, 0.3) is 0 Å². The third-order valence-corrected chi connectivity index (χ3v) is 2.64. The van der Waals surface area contributed by atoms with E-state index in [-0.39, 0.29) is 5.56 Å². The minimum atomic E-state index is -0.980. The van der Waals surface area contributed by atoms with E-state index >= 15 is 0 Å². The molecule has 0 atom stereocenters. The maximum atomic E-state index is 11.3. The minimum Gasteiger partial charge on any atom is -0.478 e. The molecule has 1 heterocycles. The second kappa shape index (κ2) is 5.82. The fraction of sp³-hybridized carbons (Fsp3) is 0.0667. The van der Waals surface area contributed by atoms with Gasteiger partial charge in [0.15, 0.2) is 0 Å². The molecule has 0 aliphatic heterocycles. The highest BCUT2D eigenvalue weighted by Gasteiger charge is 2.14. The molecule has 0 bridgehead atoms. The van der Waals surface area contributed by atoms with E-state index in [0.29, 0.717) is 17.8 Å². The molecule has 0 aliphatic carbocycles. The van der Waals surface area contributed by atoms with Crippen LogP contribution in [0.2, 0.25) is 0 Å². The van der Waals surface area contributed by atoms with E-state index in [2.05, 4.69) is 16.9 Å². The van der Waals surface area contributed by atoms with E-state index in [4.69, 9.17) is 0 Å². The van der Waals surface area contributed by atoms with E-state index in [0.717, 1.165) is 5.69 Å². The molecule has 0 fully saturated rings. The van der Waals surface area contributed by atoms with Gasteiger partial charge in [-0.25, -0.2) is 4.79 Å². The van der Waals surface area contributed by atoms with Gasteiger partial charge in [0.1, 0.15) is 0 Å². The Labute approximate surface area is 111 Å². The van der Waals surface area contributed by atoms with Gasteiger partial charge in [-0.1, -0.05) is 24.3 Å². The Kier molecular flexibility index (Phi) is 3.93. The maximum Gasteiger partial charge on any atom is 0.337 e. The van der Waals surface area contributed by atoms with Crippen molar-refractivity contribution in [1.82, 2.24) is 4.98 Å². The van der Waals surface area contributed by atoms with Crippen LogP contribution < -0.4 is 5.32 Å². The Morgan fingerprint density at radius 3 is 2.68 bits per heavy atom. The molecule has 0 saturated heterocycles. The van der Waals surface area contributed by atoms with Crippen molar-refractivity contribution in [3.8, 4) is 0 Å². The first kappa shape index (κ1) is 12.8. The van der Waals surface area contributed by atoms with Gasteiger partial charge in [0.2, 0.25) is 0 Å². The topological polar surface area (TPSA) is 62.2 Å². The van der Waals surface area contributed by atoms with Gasteiger partial charge in [-0.3, -0.25) is 4.98 Å². The summed E-state index contributed by atoms with van der Waals surface area (Å²) in [7, 11) is 0. The summed E-state index contributed by atoms with van der Waals surface area (Å²) in [5.74, 6) is -0.980. The van der Waals surface area contributed by atoms with Crippen LogP contribution in [0.1, 0.15) is 16.1 Å². The summed E-state index contributed by atoms with van der Waals surface area (Å²) in [6.45, 7) is 3.66.